The van der Waals surface area contributed by atoms with Gasteiger partial charge >= 0.3 is 0 Å². The molecule has 0 heterocycles. The summed E-state index contributed by atoms with van der Waals surface area (Å²) in [5, 5.41) is 0. The van der Waals surface area contributed by atoms with Crippen LogP contribution < -0.4 is 5.73 Å². The van der Waals surface area contributed by atoms with Crippen molar-refractivity contribution in [1.29, 1.82) is 0 Å². The van der Waals surface area contributed by atoms with E-state index in [1.54, 1.807) is 0 Å². The van der Waals surface area contributed by atoms with Gasteiger partial charge in [-0.05, 0) is 19.0 Å². The summed E-state index contributed by atoms with van der Waals surface area (Å²) in [6.07, 6.45) is 0.553. The zero-order valence-electron chi connectivity index (χ0n) is 10.4. The van der Waals surface area contributed by atoms with E-state index < -0.39 is 0 Å². The molecule has 0 aliphatic rings. The highest BCUT2D eigenvalue weighted by Gasteiger charge is 2.16. The number of aryl methyl sites for hydroxylation is 1. The Hall–Kier alpha value is -1.15. The SMILES string of the molecule is Cc1cccc([C@H](CN)CC(=O)C(C)C)c1. The Labute approximate surface area is 97.9 Å². The van der Waals surface area contributed by atoms with Crippen LogP contribution in [0.4, 0.5) is 0 Å². The van der Waals surface area contributed by atoms with Gasteiger partial charge in [0.15, 0.2) is 0 Å². The van der Waals surface area contributed by atoms with Gasteiger partial charge in [-0.2, -0.15) is 0 Å². The number of nitrogens with two attached hydrogens (primary N) is 1. The van der Waals surface area contributed by atoms with Crippen molar-refractivity contribution >= 4 is 5.78 Å². The van der Waals surface area contributed by atoms with Gasteiger partial charge in [-0.15, -0.1) is 0 Å². The van der Waals surface area contributed by atoms with Crippen molar-refractivity contribution in [1.82, 2.24) is 0 Å². The molecule has 1 rings (SSSR count). The zero-order chi connectivity index (χ0) is 12.1. The van der Waals surface area contributed by atoms with E-state index in [-0.39, 0.29) is 17.6 Å². The maximum atomic E-state index is 11.7. The number of benzene rings is 1. The Kier molecular flexibility index (Phi) is 4.69. The number of rotatable bonds is 5. The van der Waals surface area contributed by atoms with Gasteiger partial charge in [-0.3, -0.25) is 4.79 Å². The van der Waals surface area contributed by atoms with Gasteiger partial charge < -0.3 is 5.73 Å². The normalized spacial score (nSPS) is 12.8. The molecule has 2 N–H and O–H groups in total. The Morgan fingerprint density at radius 2 is 2.06 bits per heavy atom. The van der Waals surface area contributed by atoms with E-state index in [9.17, 15) is 4.79 Å². The first-order valence-electron chi connectivity index (χ1n) is 5.84. The highest BCUT2D eigenvalue weighted by molar-refractivity contribution is 5.81. The third-order valence-corrected chi connectivity index (χ3v) is 2.89. The van der Waals surface area contributed by atoms with Gasteiger partial charge in [0.05, 0.1) is 0 Å². The van der Waals surface area contributed by atoms with E-state index in [2.05, 4.69) is 25.1 Å². The van der Waals surface area contributed by atoms with E-state index in [1.807, 2.05) is 19.9 Å². The molecule has 16 heavy (non-hydrogen) atoms. The number of hydrogen-bond donors (Lipinski definition) is 1. The minimum atomic E-state index is 0.0962. The average Bonchev–Trinajstić information content (AvgIpc) is 2.25. The van der Waals surface area contributed by atoms with Crippen LogP contribution in [0.5, 0.6) is 0 Å². The van der Waals surface area contributed by atoms with Crippen molar-refractivity contribution in [3.63, 3.8) is 0 Å². The summed E-state index contributed by atoms with van der Waals surface area (Å²) in [4.78, 5) is 11.7. The van der Waals surface area contributed by atoms with Crippen molar-refractivity contribution in [3.8, 4) is 0 Å². The van der Waals surface area contributed by atoms with Crippen LogP contribution in [0.3, 0.4) is 0 Å². The highest BCUT2D eigenvalue weighted by Crippen LogP contribution is 2.21. The molecule has 0 radical (unpaired) electrons. The van der Waals surface area contributed by atoms with E-state index >= 15 is 0 Å². The number of ketones is 1. The van der Waals surface area contributed by atoms with Gasteiger partial charge in [0.25, 0.3) is 0 Å². The molecule has 1 aromatic carbocycles. The molecule has 0 aliphatic heterocycles. The molecule has 1 atom stereocenters. The molecule has 0 spiro atoms. The lowest BCUT2D eigenvalue weighted by Gasteiger charge is -2.16. The minimum Gasteiger partial charge on any atom is -0.330 e. The topological polar surface area (TPSA) is 43.1 Å². The van der Waals surface area contributed by atoms with Crippen molar-refractivity contribution in [3.05, 3.63) is 35.4 Å². The lowest BCUT2D eigenvalue weighted by molar-refractivity contribution is -0.122. The second-order valence-electron chi connectivity index (χ2n) is 4.67. The largest absolute Gasteiger partial charge is 0.330 e. The molecule has 0 saturated heterocycles. The van der Waals surface area contributed by atoms with Crippen LogP contribution in [-0.2, 0) is 4.79 Å². The maximum absolute atomic E-state index is 11.7. The molecule has 0 aromatic heterocycles. The predicted octanol–water partition coefficient (Wildman–Crippen LogP) is 2.65. The van der Waals surface area contributed by atoms with Crippen molar-refractivity contribution < 1.29 is 4.79 Å². The molecule has 0 aliphatic carbocycles. The molecule has 88 valence electrons. The Morgan fingerprint density at radius 3 is 2.56 bits per heavy atom. The van der Waals surface area contributed by atoms with Gasteiger partial charge in [-0.1, -0.05) is 43.7 Å². The highest BCUT2D eigenvalue weighted by atomic mass is 16.1. The van der Waals surface area contributed by atoms with Crippen LogP contribution in [0, 0.1) is 12.8 Å². The van der Waals surface area contributed by atoms with Gasteiger partial charge in [-0.25, -0.2) is 0 Å². The zero-order valence-corrected chi connectivity index (χ0v) is 10.4. The molecular weight excluding hydrogens is 198 g/mol. The average molecular weight is 219 g/mol. The third kappa shape index (κ3) is 3.46. The van der Waals surface area contributed by atoms with Crippen LogP contribution in [0.2, 0.25) is 0 Å². The van der Waals surface area contributed by atoms with E-state index in [4.69, 9.17) is 5.73 Å². The van der Waals surface area contributed by atoms with E-state index in [0.29, 0.717) is 13.0 Å². The lowest BCUT2D eigenvalue weighted by Crippen LogP contribution is -2.19. The summed E-state index contributed by atoms with van der Waals surface area (Å²) in [6, 6.07) is 8.25. The molecular formula is C14H21NO. The van der Waals surface area contributed by atoms with Crippen LogP contribution in [0.15, 0.2) is 24.3 Å². The predicted molar refractivity (Wildman–Crippen MR) is 67.4 cm³/mol. The van der Waals surface area contributed by atoms with Crippen LogP contribution in [0.1, 0.15) is 37.3 Å². The number of carbonyl (C=O) groups is 1. The fraction of sp³-hybridized carbons (Fsp3) is 0.500. The fourth-order valence-electron chi connectivity index (χ4n) is 1.74. The monoisotopic (exact) mass is 219 g/mol. The Bertz CT molecular complexity index is 358. The molecule has 0 saturated carbocycles. The summed E-state index contributed by atoms with van der Waals surface area (Å²) in [5.74, 6) is 0.547. The van der Waals surface area contributed by atoms with Crippen LogP contribution in [0.25, 0.3) is 0 Å². The summed E-state index contributed by atoms with van der Waals surface area (Å²) >= 11 is 0. The van der Waals surface area contributed by atoms with Crippen molar-refractivity contribution in [2.75, 3.05) is 6.54 Å². The van der Waals surface area contributed by atoms with Crippen molar-refractivity contribution in [2.24, 2.45) is 11.7 Å². The molecule has 2 heteroatoms. The van der Waals surface area contributed by atoms with Gasteiger partial charge in [0, 0.05) is 18.3 Å². The standard InChI is InChI=1S/C14H21NO/c1-10(2)14(16)8-13(9-15)12-6-4-5-11(3)7-12/h4-7,10,13H,8-9,15H2,1-3H3/t13-/m0/s1. The molecule has 0 bridgehead atoms. The van der Waals surface area contributed by atoms with Gasteiger partial charge in [0.1, 0.15) is 5.78 Å². The number of carbonyl (C=O) groups excluding carboxylic acids is 1. The Balaban J connectivity index is 2.78. The molecule has 0 fully saturated rings. The molecule has 0 unspecified atom stereocenters. The van der Waals surface area contributed by atoms with E-state index in [1.165, 1.54) is 11.1 Å². The van der Waals surface area contributed by atoms with E-state index in [0.717, 1.165) is 0 Å². The van der Waals surface area contributed by atoms with Gasteiger partial charge in [0.2, 0.25) is 0 Å². The van der Waals surface area contributed by atoms with Crippen molar-refractivity contribution in [2.45, 2.75) is 33.1 Å². The smallest absolute Gasteiger partial charge is 0.136 e. The number of hydrogen-bond acceptors (Lipinski definition) is 2. The third-order valence-electron chi connectivity index (χ3n) is 2.89. The first-order valence-corrected chi connectivity index (χ1v) is 5.84. The summed E-state index contributed by atoms with van der Waals surface area (Å²) in [7, 11) is 0. The molecule has 2 nitrogen and oxygen atoms in total. The number of Topliss-reactive ketones (excluding diaryl/α,β-unsaturated/α-hetero) is 1. The van der Waals surface area contributed by atoms with Crippen LogP contribution >= 0.6 is 0 Å². The molecule has 0 amide bonds. The van der Waals surface area contributed by atoms with Crippen LogP contribution in [-0.4, -0.2) is 12.3 Å². The summed E-state index contributed by atoms with van der Waals surface area (Å²) in [5.41, 5.74) is 8.14. The second kappa shape index (κ2) is 5.80. The first kappa shape index (κ1) is 12.9. The Morgan fingerprint density at radius 1 is 1.38 bits per heavy atom. The maximum Gasteiger partial charge on any atom is 0.136 e. The quantitative estimate of drug-likeness (QED) is 0.827. The fourth-order valence-corrected chi connectivity index (χ4v) is 1.74. The second-order valence-corrected chi connectivity index (χ2v) is 4.67. The summed E-state index contributed by atoms with van der Waals surface area (Å²) < 4.78 is 0. The summed E-state index contributed by atoms with van der Waals surface area (Å²) in [6.45, 7) is 6.46. The lowest BCUT2D eigenvalue weighted by atomic mass is 9.90. The molecule has 1 aromatic rings. The minimum absolute atomic E-state index is 0.0962. The first-order chi connectivity index (χ1) is 7.54.